The maximum atomic E-state index is 12.0. The molecular weight excluding hydrogens is 206 g/mol. The van der Waals surface area contributed by atoms with Gasteiger partial charge in [0.2, 0.25) is 5.91 Å². The molecule has 1 rings (SSSR count). The number of hydrogen-bond donors (Lipinski definition) is 2. The van der Waals surface area contributed by atoms with Crippen LogP contribution in [0.4, 0.5) is 0 Å². The molecule has 1 atom stereocenters. The van der Waals surface area contributed by atoms with Crippen LogP contribution in [0.1, 0.15) is 46.5 Å². The number of nitrogens with one attached hydrogen (secondary N) is 1. The summed E-state index contributed by atoms with van der Waals surface area (Å²) in [6, 6.07) is -0.794. The highest BCUT2D eigenvalue weighted by molar-refractivity contribution is 5.87. The van der Waals surface area contributed by atoms with E-state index < -0.39 is 12.0 Å². The minimum Gasteiger partial charge on any atom is -0.480 e. The Morgan fingerprint density at radius 2 is 1.88 bits per heavy atom. The summed E-state index contributed by atoms with van der Waals surface area (Å²) in [6.07, 6.45) is 3.71. The van der Waals surface area contributed by atoms with Crippen molar-refractivity contribution in [1.82, 2.24) is 5.32 Å². The average Bonchev–Trinajstić information content (AvgIpc) is 2.10. The van der Waals surface area contributed by atoms with Gasteiger partial charge in [0.25, 0.3) is 0 Å². The molecule has 0 aromatic rings. The first-order chi connectivity index (χ1) is 7.37. The summed E-state index contributed by atoms with van der Waals surface area (Å²) in [5.41, 5.74) is -0.294. The second kappa shape index (κ2) is 4.85. The average molecular weight is 227 g/mol. The Morgan fingerprint density at radius 1 is 1.31 bits per heavy atom. The van der Waals surface area contributed by atoms with Crippen LogP contribution in [0.3, 0.4) is 0 Å². The molecule has 0 aromatic heterocycles. The van der Waals surface area contributed by atoms with Gasteiger partial charge in [-0.05, 0) is 32.1 Å². The molecule has 4 nitrogen and oxygen atoms in total. The van der Waals surface area contributed by atoms with Crippen molar-refractivity contribution in [3.63, 3.8) is 0 Å². The second-order valence-corrected chi connectivity index (χ2v) is 5.27. The summed E-state index contributed by atoms with van der Waals surface area (Å²) in [6.45, 7) is 5.68. The summed E-state index contributed by atoms with van der Waals surface area (Å²) >= 11 is 0. The predicted molar refractivity (Wildman–Crippen MR) is 61.0 cm³/mol. The van der Waals surface area contributed by atoms with E-state index >= 15 is 0 Å². The Morgan fingerprint density at radius 3 is 2.19 bits per heavy atom. The fourth-order valence-corrected chi connectivity index (χ4v) is 2.32. The van der Waals surface area contributed by atoms with Gasteiger partial charge < -0.3 is 10.4 Å². The van der Waals surface area contributed by atoms with Crippen molar-refractivity contribution in [1.29, 1.82) is 0 Å². The largest absolute Gasteiger partial charge is 0.480 e. The molecule has 16 heavy (non-hydrogen) atoms. The van der Waals surface area contributed by atoms with E-state index in [0.29, 0.717) is 5.92 Å². The van der Waals surface area contributed by atoms with Gasteiger partial charge in [-0.2, -0.15) is 0 Å². The lowest BCUT2D eigenvalue weighted by Gasteiger charge is -2.42. The molecule has 0 aliphatic heterocycles. The molecule has 4 heteroatoms. The quantitative estimate of drug-likeness (QED) is 0.752. The highest BCUT2D eigenvalue weighted by atomic mass is 16.4. The van der Waals surface area contributed by atoms with Gasteiger partial charge in [0.1, 0.15) is 6.04 Å². The van der Waals surface area contributed by atoms with Crippen LogP contribution in [-0.4, -0.2) is 23.0 Å². The summed E-state index contributed by atoms with van der Waals surface area (Å²) in [7, 11) is 0. The topological polar surface area (TPSA) is 66.4 Å². The van der Waals surface area contributed by atoms with Crippen LogP contribution in [-0.2, 0) is 9.59 Å². The van der Waals surface area contributed by atoms with E-state index in [2.05, 4.69) is 19.2 Å². The molecule has 92 valence electrons. The monoisotopic (exact) mass is 227 g/mol. The summed E-state index contributed by atoms with van der Waals surface area (Å²) in [5, 5.41) is 11.3. The molecule has 2 N–H and O–H groups in total. The minimum absolute atomic E-state index is 0.0812. The lowest BCUT2D eigenvalue weighted by Crippen LogP contribution is -2.50. The number of hydrogen-bond acceptors (Lipinski definition) is 2. The normalized spacial score (nSPS) is 20.0. The Labute approximate surface area is 96.4 Å². The van der Waals surface area contributed by atoms with Crippen molar-refractivity contribution in [2.45, 2.75) is 52.5 Å². The van der Waals surface area contributed by atoms with Gasteiger partial charge in [-0.3, -0.25) is 9.59 Å². The second-order valence-electron chi connectivity index (χ2n) is 5.27. The van der Waals surface area contributed by atoms with Crippen molar-refractivity contribution >= 4 is 11.9 Å². The smallest absolute Gasteiger partial charge is 0.325 e. The maximum absolute atomic E-state index is 12.0. The predicted octanol–water partition coefficient (Wildman–Crippen LogP) is 1.79. The number of carbonyl (C=O) groups excluding carboxylic acids is 1. The zero-order valence-electron chi connectivity index (χ0n) is 10.2. The van der Waals surface area contributed by atoms with Crippen molar-refractivity contribution in [3.8, 4) is 0 Å². The zero-order chi connectivity index (χ0) is 12.3. The van der Waals surface area contributed by atoms with Crippen molar-refractivity contribution < 1.29 is 14.7 Å². The van der Waals surface area contributed by atoms with Crippen LogP contribution in [0.15, 0.2) is 0 Å². The van der Waals surface area contributed by atoms with Gasteiger partial charge in [-0.1, -0.05) is 20.3 Å². The van der Waals surface area contributed by atoms with Crippen LogP contribution in [0.5, 0.6) is 0 Å². The first-order valence-corrected chi connectivity index (χ1v) is 5.91. The highest BCUT2D eigenvalue weighted by Crippen LogP contribution is 2.46. The fraction of sp³-hybridized carbons (Fsp3) is 0.833. The van der Waals surface area contributed by atoms with E-state index in [1.54, 1.807) is 0 Å². The Kier molecular flexibility index (Phi) is 3.94. The molecule has 0 heterocycles. The molecule has 1 amide bonds. The molecule has 0 spiro atoms. The molecule has 1 saturated carbocycles. The van der Waals surface area contributed by atoms with Gasteiger partial charge in [-0.15, -0.1) is 0 Å². The van der Waals surface area contributed by atoms with Gasteiger partial charge in [0.05, 0.1) is 0 Å². The molecule has 0 radical (unpaired) electrons. The Bertz CT molecular complexity index is 282. The third kappa shape index (κ3) is 2.74. The molecule has 1 aliphatic carbocycles. The molecule has 1 aliphatic rings. The van der Waals surface area contributed by atoms with E-state index in [4.69, 9.17) is 5.11 Å². The Hall–Kier alpha value is -1.06. The van der Waals surface area contributed by atoms with Gasteiger partial charge in [0, 0.05) is 5.41 Å². The first kappa shape index (κ1) is 13.0. The third-order valence-corrected chi connectivity index (χ3v) is 3.31. The third-order valence-electron chi connectivity index (χ3n) is 3.31. The number of aliphatic carboxylic acids is 1. The van der Waals surface area contributed by atoms with Crippen LogP contribution in [0, 0.1) is 11.3 Å². The molecular formula is C12H21NO3. The van der Waals surface area contributed by atoms with Crippen LogP contribution in [0.2, 0.25) is 0 Å². The maximum Gasteiger partial charge on any atom is 0.325 e. The number of carbonyl (C=O) groups is 2. The lowest BCUT2D eigenvalue weighted by atomic mass is 9.64. The zero-order valence-corrected chi connectivity index (χ0v) is 10.2. The van der Waals surface area contributed by atoms with E-state index in [9.17, 15) is 9.59 Å². The highest BCUT2D eigenvalue weighted by Gasteiger charge is 2.44. The Balaban J connectivity index is 2.59. The fourth-order valence-electron chi connectivity index (χ4n) is 2.32. The van der Waals surface area contributed by atoms with Crippen molar-refractivity contribution in [2.24, 2.45) is 11.3 Å². The van der Waals surface area contributed by atoms with Crippen LogP contribution in [0.25, 0.3) is 0 Å². The number of rotatable bonds is 5. The summed E-state index contributed by atoms with van der Waals surface area (Å²) in [5.74, 6) is -0.596. The summed E-state index contributed by atoms with van der Waals surface area (Å²) < 4.78 is 0. The molecule has 0 aromatic carbocycles. The van der Waals surface area contributed by atoms with Crippen LogP contribution >= 0.6 is 0 Å². The van der Waals surface area contributed by atoms with Crippen LogP contribution < -0.4 is 5.32 Å². The lowest BCUT2D eigenvalue weighted by molar-refractivity contribution is -0.146. The standard InChI is InChI=1S/C12H21NO3/c1-8(2)7-12(5-4-6-12)11(16)13-9(3)10(14)15/h8-9H,4-7H2,1-3H3,(H,13,16)(H,14,15)/t9-/m1/s1. The minimum atomic E-state index is -0.979. The molecule has 1 fully saturated rings. The van der Waals surface area contributed by atoms with E-state index in [0.717, 1.165) is 25.7 Å². The van der Waals surface area contributed by atoms with Gasteiger partial charge in [0.15, 0.2) is 0 Å². The van der Waals surface area contributed by atoms with Gasteiger partial charge >= 0.3 is 5.97 Å². The molecule has 0 saturated heterocycles. The SMILES string of the molecule is CC(C)CC1(C(=O)N[C@H](C)C(=O)O)CCC1. The number of carboxylic acid groups (broad SMARTS) is 1. The first-order valence-electron chi connectivity index (χ1n) is 5.91. The van der Waals surface area contributed by atoms with Gasteiger partial charge in [-0.25, -0.2) is 0 Å². The summed E-state index contributed by atoms with van der Waals surface area (Å²) in [4.78, 5) is 22.7. The molecule has 0 unspecified atom stereocenters. The van der Waals surface area contributed by atoms with E-state index in [1.165, 1.54) is 6.92 Å². The number of amides is 1. The van der Waals surface area contributed by atoms with Crippen molar-refractivity contribution in [2.75, 3.05) is 0 Å². The van der Waals surface area contributed by atoms with E-state index in [1.807, 2.05) is 0 Å². The molecule has 0 bridgehead atoms. The van der Waals surface area contributed by atoms with E-state index in [-0.39, 0.29) is 11.3 Å². The van der Waals surface area contributed by atoms with Crippen molar-refractivity contribution in [3.05, 3.63) is 0 Å². The number of carboxylic acids is 1.